The fraction of sp³-hybridized carbons (Fsp3) is 0.538. The van der Waals surface area contributed by atoms with E-state index in [1.807, 2.05) is 0 Å². The highest BCUT2D eigenvalue weighted by molar-refractivity contribution is 5.14. The highest BCUT2D eigenvalue weighted by Crippen LogP contribution is 2.07. The summed E-state index contributed by atoms with van der Waals surface area (Å²) in [5.74, 6) is 0.624. The molecular weight excluding hydrogens is 184 g/mol. The number of hydrogen-bond acceptors (Lipinski definition) is 2. The van der Waals surface area contributed by atoms with Crippen molar-refractivity contribution in [2.45, 2.75) is 19.9 Å². The van der Waals surface area contributed by atoms with Crippen molar-refractivity contribution in [1.82, 2.24) is 4.90 Å². The predicted octanol–water partition coefficient (Wildman–Crippen LogP) is 2.10. The summed E-state index contributed by atoms with van der Waals surface area (Å²) in [6, 6.07) is 10.6. The highest BCUT2D eigenvalue weighted by atomic mass is 15.1. The Hall–Kier alpha value is -0.860. The molecule has 1 unspecified atom stereocenters. The van der Waals surface area contributed by atoms with Gasteiger partial charge >= 0.3 is 0 Å². The van der Waals surface area contributed by atoms with Gasteiger partial charge < -0.3 is 10.6 Å². The van der Waals surface area contributed by atoms with Crippen LogP contribution in [-0.4, -0.2) is 25.0 Å². The van der Waals surface area contributed by atoms with Crippen LogP contribution in [0.15, 0.2) is 30.3 Å². The van der Waals surface area contributed by atoms with Crippen molar-refractivity contribution in [2.24, 2.45) is 11.7 Å². The molecule has 0 aliphatic heterocycles. The number of rotatable bonds is 6. The maximum atomic E-state index is 5.70. The van der Waals surface area contributed by atoms with Crippen LogP contribution >= 0.6 is 0 Å². The van der Waals surface area contributed by atoms with Crippen LogP contribution in [0.1, 0.15) is 18.9 Å². The van der Waals surface area contributed by atoms with Gasteiger partial charge in [0.2, 0.25) is 0 Å². The first-order valence-electron chi connectivity index (χ1n) is 5.68. The number of nitrogens with two attached hydrogens (primary N) is 1. The fourth-order valence-electron chi connectivity index (χ4n) is 1.77. The van der Waals surface area contributed by atoms with Gasteiger partial charge in [0.15, 0.2) is 0 Å². The van der Waals surface area contributed by atoms with E-state index in [4.69, 9.17) is 5.73 Å². The van der Waals surface area contributed by atoms with Crippen molar-refractivity contribution in [1.29, 1.82) is 0 Å². The Kier molecular flexibility index (Phi) is 5.37. The molecule has 0 heterocycles. The van der Waals surface area contributed by atoms with Crippen molar-refractivity contribution in [3.8, 4) is 0 Å². The summed E-state index contributed by atoms with van der Waals surface area (Å²) in [7, 11) is 2.16. The minimum absolute atomic E-state index is 0.624. The molecule has 15 heavy (non-hydrogen) atoms. The monoisotopic (exact) mass is 206 g/mol. The first kappa shape index (κ1) is 12.2. The third-order valence-corrected chi connectivity index (χ3v) is 2.78. The predicted molar refractivity (Wildman–Crippen MR) is 65.6 cm³/mol. The lowest BCUT2D eigenvalue weighted by Crippen LogP contribution is -2.29. The largest absolute Gasteiger partial charge is 0.330 e. The average molecular weight is 206 g/mol. The molecule has 0 bridgehead atoms. The molecule has 0 fully saturated rings. The summed E-state index contributed by atoms with van der Waals surface area (Å²) < 4.78 is 0. The Morgan fingerprint density at radius 2 is 1.93 bits per heavy atom. The van der Waals surface area contributed by atoms with E-state index in [2.05, 4.69) is 49.2 Å². The second-order valence-corrected chi connectivity index (χ2v) is 4.19. The first-order chi connectivity index (χ1) is 7.26. The Labute approximate surface area is 93.1 Å². The van der Waals surface area contributed by atoms with Gasteiger partial charge in [-0.1, -0.05) is 43.7 Å². The highest BCUT2D eigenvalue weighted by Gasteiger charge is 2.07. The van der Waals surface area contributed by atoms with E-state index in [0.717, 1.165) is 26.1 Å². The lowest BCUT2D eigenvalue weighted by molar-refractivity contribution is 0.268. The molecule has 1 atom stereocenters. The van der Waals surface area contributed by atoms with Crippen molar-refractivity contribution in [3.63, 3.8) is 0 Å². The van der Waals surface area contributed by atoms with E-state index in [1.54, 1.807) is 0 Å². The lowest BCUT2D eigenvalue weighted by Gasteiger charge is -2.22. The first-order valence-corrected chi connectivity index (χ1v) is 5.68. The van der Waals surface area contributed by atoms with E-state index in [1.165, 1.54) is 5.56 Å². The normalized spacial score (nSPS) is 13.1. The van der Waals surface area contributed by atoms with Crippen molar-refractivity contribution in [3.05, 3.63) is 35.9 Å². The smallest absolute Gasteiger partial charge is 0.0230 e. The second-order valence-electron chi connectivity index (χ2n) is 4.19. The van der Waals surface area contributed by atoms with Crippen LogP contribution in [-0.2, 0) is 6.54 Å². The minimum Gasteiger partial charge on any atom is -0.330 e. The molecule has 2 nitrogen and oxygen atoms in total. The zero-order valence-electron chi connectivity index (χ0n) is 9.82. The molecule has 0 saturated carbocycles. The van der Waals surface area contributed by atoms with Crippen LogP contribution in [0.4, 0.5) is 0 Å². The van der Waals surface area contributed by atoms with Crippen LogP contribution in [0.3, 0.4) is 0 Å². The van der Waals surface area contributed by atoms with Crippen LogP contribution in [0.2, 0.25) is 0 Å². The third-order valence-electron chi connectivity index (χ3n) is 2.78. The summed E-state index contributed by atoms with van der Waals surface area (Å²) in [6.07, 6.45) is 1.16. The molecule has 84 valence electrons. The molecule has 0 saturated heterocycles. The van der Waals surface area contributed by atoms with Gasteiger partial charge in [-0.2, -0.15) is 0 Å². The summed E-state index contributed by atoms with van der Waals surface area (Å²) >= 11 is 0. The summed E-state index contributed by atoms with van der Waals surface area (Å²) in [6.45, 7) is 5.09. The van der Waals surface area contributed by atoms with Crippen molar-refractivity contribution in [2.75, 3.05) is 20.1 Å². The maximum absolute atomic E-state index is 5.70. The molecule has 0 radical (unpaired) electrons. The lowest BCUT2D eigenvalue weighted by atomic mass is 10.1. The van der Waals surface area contributed by atoms with Crippen LogP contribution in [0.5, 0.6) is 0 Å². The fourth-order valence-corrected chi connectivity index (χ4v) is 1.77. The Bertz CT molecular complexity index is 254. The summed E-state index contributed by atoms with van der Waals surface area (Å²) in [4.78, 5) is 2.34. The molecule has 0 amide bonds. The van der Waals surface area contributed by atoms with E-state index >= 15 is 0 Å². The van der Waals surface area contributed by atoms with Crippen molar-refractivity contribution >= 4 is 0 Å². The topological polar surface area (TPSA) is 29.3 Å². The van der Waals surface area contributed by atoms with Gasteiger partial charge in [-0.3, -0.25) is 0 Å². The van der Waals surface area contributed by atoms with E-state index in [-0.39, 0.29) is 0 Å². The standard InChI is InChI=1S/C13H22N2/c1-3-12(9-14)10-15(2)11-13-7-5-4-6-8-13/h4-8,12H,3,9-11,14H2,1-2H3. The molecule has 0 aromatic heterocycles. The average Bonchev–Trinajstić information content (AvgIpc) is 2.27. The third kappa shape index (κ3) is 4.45. The molecule has 0 aliphatic carbocycles. The molecule has 1 aromatic carbocycles. The molecule has 1 rings (SSSR count). The van der Waals surface area contributed by atoms with Gasteiger partial charge in [0, 0.05) is 13.1 Å². The molecule has 2 heteroatoms. The van der Waals surface area contributed by atoms with Gasteiger partial charge in [-0.15, -0.1) is 0 Å². The molecule has 2 N–H and O–H groups in total. The Morgan fingerprint density at radius 3 is 2.47 bits per heavy atom. The zero-order valence-corrected chi connectivity index (χ0v) is 9.82. The van der Waals surface area contributed by atoms with E-state index in [0.29, 0.717) is 5.92 Å². The zero-order chi connectivity index (χ0) is 11.1. The summed E-state index contributed by atoms with van der Waals surface area (Å²) in [5, 5.41) is 0. The van der Waals surface area contributed by atoms with Crippen LogP contribution in [0.25, 0.3) is 0 Å². The van der Waals surface area contributed by atoms with Crippen LogP contribution < -0.4 is 5.73 Å². The van der Waals surface area contributed by atoms with E-state index < -0.39 is 0 Å². The molecule has 0 spiro atoms. The minimum atomic E-state index is 0.624. The Balaban J connectivity index is 2.39. The number of nitrogens with zero attached hydrogens (tertiary/aromatic N) is 1. The van der Waals surface area contributed by atoms with Crippen molar-refractivity contribution < 1.29 is 0 Å². The quantitative estimate of drug-likeness (QED) is 0.772. The van der Waals surface area contributed by atoms with Gasteiger partial charge in [-0.25, -0.2) is 0 Å². The van der Waals surface area contributed by atoms with Gasteiger partial charge in [0.1, 0.15) is 0 Å². The second kappa shape index (κ2) is 6.59. The summed E-state index contributed by atoms with van der Waals surface area (Å²) in [5.41, 5.74) is 7.07. The van der Waals surface area contributed by atoms with Gasteiger partial charge in [0.25, 0.3) is 0 Å². The SMILES string of the molecule is CCC(CN)CN(C)Cc1ccccc1. The van der Waals surface area contributed by atoms with Gasteiger partial charge in [-0.05, 0) is 25.1 Å². The number of hydrogen-bond donors (Lipinski definition) is 1. The van der Waals surface area contributed by atoms with E-state index in [9.17, 15) is 0 Å². The molecule has 0 aliphatic rings. The number of benzene rings is 1. The van der Waals surface area contributed by atoms with Crippen LogP contribution in [0, 0.1) is 5.92 Å². The van der Waals surface area contributed by atoms with Gasteiger partial charge in [0.05, 0.1) is 0 Å². The molecular formula is C13H22N2. The Morgan fingerprint density at radius 1 is 1.27 bits per heavy atom. The maximum Gasteiger partial charge on any atom is 0.0230 e. The molecule has 1 aromatic rings.